The Morgan fingerprint density at radius 2 is 2.29 bits per heavy atom. The van der Waals surface area contributed by atoms with E-state index in [1.54, 1.807) is 11.3 Å². The van der Waals surface area contributed by atoms with Gasteiger partial charge in [0.2, 0.25) is 0 Å². The molecule has 3 aliphatic heterocycles. The SMILES string of the molecule is Cc1nc(-c2cccs2)cc(C2CN3CCC2CC3COC(=O)NC(C)C)n1. The van der Waals surface area contributed by atoms with Crippen LogP contribution >= 0.6 is 11.3 Å². The van der Waals surface area contributed by atoms with Crippen molar-refractivity contribution in [3.63, 3.8) is 0 Å². The number of nitrogens with one attached hydrogen (secondary N) is 1. The molecule has 7 heteroatoms. The molecule has 6 nitrogen and oxygen atoms in total. The van der Waals surface area contributed by atoms with Gasteiger partial charge in [-0.15, -0.1) is 11.3 Å². The van der Waals surface area contributed by atoms with Crippen LogP contribution in [0.1, 0.15) is 44.1 Å². The molecule has 1 N–H and O–H groups in total. The first-order valence-corrected chi connectivity index (χ1v) is 10.9. The molecular weight excluding hydrogens is 372 g/mol. The van der Waals surface area contributed by atoms with Crippen molar-refractivity contribution >= 4 is 17.4 Å². The minimum Gasteiger partial charge on any atom is -0.448 e. The van der Waals surface area contributed by atoms with E-state index >= 15 is 0 Å². The van der Waals surface area contributed by atoms with Crippen LogP contribution in [0.4, 0.5) is 4.79 Å². The zero-order valence-electron chi connectivity index (χ0n) is 16.7. The molecule has 4 unspecified atom stereocenters. The van der Waals surface area contributed by atoms with E-state index in [0.29, 0.717) is 24.5 Å². The zero-order valence-corrected chi connectivity index (χ0v) is 17.5. The molecule has 3 aliphatic rings. The second-order valence-corrected chi connectivity index (χ2v) is 9.09. The van der Waals surface area contributed by atoms with Crippen molar-refractivity contribution in [1.29, 1.82) is 0 Å². The topological polar surface area (TPSA) is 67.4 Å². The van der Waals surface area contributed by atoms with Gasteiger partial charge < -0.3 is 10.1 Å². The molecule has 3 fully saturated rings. The number of piperidine rings is 3. The Hall–Kier alpha value is -1.99. The molecule has 2 aromatic heterocycles. The van der Waals surface area contributed by atoms with Gasteiger partial charge in [0.05, 0.1) is 10.6 Å². The summed E-state index contributed by atoms with van der Waals surface area (Å²) in [6.45, 7) is 8.36. The maximum Gasteiger partial charge on any atom is 0.407 e. The van der Waals surface area contributed by atoms with Crippen molar-refractivity contribution in [1.82, 2.24) is 20.2 Å². The minimum atomic E-state index is -0.318. The van der Waals surface area contributed by atoms with Crippen LogP contribution < -0.4 is 5.32 Å². The average Bonchev–Trinajstić information content (AvgIpc) is 3.20. The van der Waals surface area contributed by atoms with Gasteiger partial charge in [-0.2, -0.15) is 0 Å². The van der Waals surface area contributed by atoms with Crippen LogP contribution in [0.5, 0.6) is 0 Å². The maximum atomic E-state index is 11.8. The highest BCUT2D eigenvalue weighted by Crippen LogP contribution is 2.42. The third kappa shape index (κ3) is 4.20. The average molecular weight is 401 g/mol. The molecule has 28 heavy (non-hydrogen) atoms. The van der Waals surface area contributed by atoms with Gasteiger partial charge in [0, 0.05) is 30.2 Å². The molecule has 0 radical (unpaired) electrons. The van der Waals surface area contributed by atoms with Crippen molar-refractivity contribution in [2.45, 2.75) is 51.6 Å². The first-order chi connectivity index (χ1) is 13.5. The molecule has 2 aromatic rings. The molecule has 150 valence electrons. The molecule has 0 aromatic carbocycles. The van der Waals surface area contributed by atoms with E-state index in [9.17, 15) is 4.79 Å². The number of alkyl carbamates (subject to hydrolysis) is 1. The van der Waals surface area contributed by atoms with Crippen LogP contribution in [0.3, 0.4) is 0 Å². The predicted molar refractivity (Wildman–Crippen MR) is 111 cm³/mol. The number of hydrogen-bond acceptors (Lipinski definition) is 6. The van der Waals surface area contributed by atoms with Gasteiger partial charge in [-0.1, -0.05) is 6.07 Å². The van der Waals surface area contributed by atoms with E-state index in [4.69, 9.17) is 9.72 Å². The van der Waals surface area contributed by atoms with Crippen LogP contribution in [0, 0.1) is 12.8 Å². The normalized spacial score (nSPS) is 26.4. The summed E-state index contributed by atoms with van der Waals surface area (Å²) in [7, 11) is 0. The molecule has 3 saturated heterocycles. The minimum absolute atomic E-state index is 0.0959. The molecular formula is C21H28N4O2S. The molecule has 5 rings (SSSR count). The number of thiophene rings is 1. The highest BCUT2D eigenvalue weighted by Gasteiger charge is 2.41. The molecule has 5 heterocycles. The van der Waals surface area contributed by atoms with Crippen molar-refractivity contribution in [2.75, 3.05) is 19.7 Å². The Kier molecular flexibility index (Phi) is 5.64. The first kappa shape index (κ1) is 19.3. The van der Waals surface area contributed by atoms with Gasteiger partial charge in [-0.3, -0.25) is 4.90 Å². The summed E-state index contributed by atoms with van der Waals surface area (Å²) in [6.07, 6.45) is 1.91. The third-order valence-electron chi connectivity index (χ3n) is 5.70. The largest absolute Gasteiger partial charge is 0.448 e. The van der Waals surface area contributed by atoms with Crippen molar-refractivity contribution in [3.8, 4) is 10.6 Å². The highest BCUT2D eigenvalue weighted by molar-refractivity contribution is 7.13. The van der Waals surface area contributed by atoms with Gasteiger partial charge in [0.25, 0.3) is 0 Å². The number of carbonyl (C=O) groups is 1. The lowest BCUT2D eigenvalue weighted by atomic mass is 9.74. The highest BCUT2D eigenvalue weighted by atomic mass is 32.1. The monoisotopic (exact) mass is 400 g/mol. The number of rotatable bonds is 5. The Morgan fingerprint density at radius 3 is 2.96 bits per heavy atom. The van der Waals surface area contributed by atoms with Crippen molar-refractivity contribution < 1.29 is 9.53 Å². The second-order valence-electron chi connectivity index (χ2n) is 8.14. The van der Waals surface area contributed by atoms with E-state index in [1.165, 1.54) is 11.3 Å². The van der Waals surface area contributed by atoms with Gasteiger partial charge >= 0.3 is 6.09 Å². The van der Waals surface area contributed by atoms with Crippen molar-refractivity contribution in [3.05, 3.63) is 35.1 Å². The van der Waals surface area contributed by atoms with Crippen LogP contribution in [0.2, 0.25) is 0 Å². The van der Waals surface area contributed by atoms with Gasteiger partial charge in [0.15, 0.2) is 0 Å². The summed E-state index contributed by atoms with van der Waals surface area (Å²) in [5.74, 6) is 1.84. The smallest absolute Gasteiger partial charge is 0.407 e. The van der Waals surface area contributed by atoms with E-state index in [-0.39, 0.29) is 12.1 Å². The molecule has 1 amide bonds. The van der Waals surface area contributed by atoms with Gasteiger partial charge in [-0.05, 0) is 63.6 Å². The molecule has 2 bridgehead atoms. The Bertz CT molecular complexity index is 824. The third-order valence-corrected chi connectivity index (χ3v) is 6.60. The molecule has 4 atom stereocenters. The Morgan fingerprint density at radius 1 is 1.43 bits per heavy atom. The summed E-state index contributed by atoms with van der Waals surface area (Å²) < 4.78 is 5.46. The summed E-state index contributed by atoms with van der Waals surface area (Å²) in [5.41, 5.74) is 2.18. The van der Waals surface area contributed by atoms with Crippen molar-refractivity contribution in [2.24, 2.45) is 5.92 Å². The van der Waals surface area contributed by atoms with Gasteiger partial charge in [-0.25, -0.2) is 14.8 Å². The Labute approximate surface area is 170 Å². The molecule has 0 spiro atoms. The van der Waals surface area contributed by atoms with E-state index in [1.807, 2.05) is 20.8 Å². The fraction of sp³-hybridized carbons (Fsp3) is 0.571. The summed E-state index contributed by atoms with van der Waals surface area (Å²) in [6, 6.07) is 6.76. The summed E-state index contributed by atoms with van der Waals surface area (Å²) in [5, 5.41) is 4.88. The van der Waals surface area contributed by atoms with E-state index < -0.39 is 0 Å². The number of amides is 1. The fourth-order valence-corrected chi connectivity index (χ4v) is 5.11. The van der Waals surface area contributed by atoms with Gasteiger partial charge in [0.1, 0.15) is 12.4 Å². The number of fused-ring (bicyclic) bond motifs is 3. The lowest BCUT2D eigenvalue weighted by molar-refractivity contribution is -0.00373. The number of aromatic nitrogens is 2. The second kappa shape index (κ2) is 8.17. The van der Waals surface area contributed by atoms with Crippen LogP contribution in [0.25, 0.3) is 10.6 Å². The molecule has 0 saturated carbocycles. The van der Waals surface area contributed by atoms with E-state index in [2.05, 4.69) is 38.8 Å². The number of hydrogen-bond donors (Lipinski definition) is 1. The van der Waals surface area contributed by atoms with Crippen LogP contribution in [-0.4, -0.2) is 52.7 Å². The summed E-state index contributed by atoms with van der Waals surface area (Å²) >= 11 is 1.71. The van der Waals surface area contributed by atoms with E-state index in [0.717, 1.165) is 36.7 Å². The first-order valence-electron chi connectivity index (χ1n) is 10.1. The predicted octanol–water partition coefficient (Wildman–Crippen LogP) is 3.83. The number of aryl methyl sites for hydroxylation is 1. The van der Waals surface area contributed by atoms with Crippen LogP contribution in [-0.2, 0) is 4.74 Å². The quantitative estimate of drug-likeness (QED) is 0.826. The van der Waals surface area contributed by atoms with Crippen LogP contribution in [0.15, 0.2) is 23.6 Å². The summed E-state index contributed by atoms with van der Waals surface area (Å²) in [4.78, 5) is 24.9. The number of ether oxygens (including phenoxy) is 1. The molecule has 0 aliphatic carbocycles. The number of nitrogens with zero attached hydrogens (tertiary/aromatic N) is 3. The zero-order chi connectivity index (χ0) is 19.7. The fourth-order valence-electron chi connectivity index (χ4n) is 4.43. The number of carbonyl (C=O) groups excluding carboxylic acids is 1. The lowest BCUT2D eigenvalue weighted by Gasteiger charge is -2.49. The lowest BCUT2D eigenvalue weighted by Crippen LogP contribution is -2.54. The maximum absolute atomic E-state index is 11.8. The standard InChI is InChI=1S/C21H28N4O2S/c1-13(2)22-21(26)27-12-16-9-15-6-7-25(16)11-17(15)18-10-19(24-14(3)23-18)20-5-4-8-28-20/h4-5,8,10,13,15-17H,6-7,9,11-12H2,1-3H3,(H,22,26). The Balaban J connectivity index is 1.44.